The van der Waals surface area contributed by atoms with Crippen LogP contribution in [0.4, 0.5) is 4.79 Å². The van der Waals surface area contributed by atoms with Crippen molar-refractivity contribution >= 4 is 28.7 Å². The SMILES string of the molecule is CCCCN(CCCC)CCCNS(=O)(=O)N(C(=O)OCC)C(C)C.Cl. The Morgan fingerprint density at radius 2 is 1.50 bits per heavy atom. The van der Waals surface area contributed by atoms with Gasteiger partial charge in [0.1, 0.15) is 0 Å². The average Bonchev–Trinajstić information content (AvgIpc) is 2.52. The normalized spacial score (nSPS) is 11.5. The Bertz CT molecular complexity index is 453. The van der Waals surface area contributed by atoms with Gasteiger partial charge in [-0.25, -0.2) is 4.79 Å². The average molecular weight is 416 g/mol. The zero-order chi connectivity index (χ0) is 19.3. The minimum Gasteiger partial charge on any atom is -0.449 e. The van der Waals surface area contributed by atoms with Crippen molar-refractivity contribution in [3.63, 3.8) is 0 Å². The van der Waals surface area contributed by atoms with E-state index >= 15 is 0 Å². The second kappa shape index (κ2) is 15.5. The summed E-state index contributed by atoms with van der Waals surface area (Å²) >= 11 is 0. The molecular formula is C17H38ClN3O4S. The molecule has 0 spiro atoms. The molecule has 1 N–H and O–H groups in total. The van der Waals surface area contributed by atoms with Gasteiger partial charge in [0.15, 0.2) is 0 Å². The van der Waals surface area contributed by atoms with Crippen molar-refractivity contribution in [2.45, 2.75) is 72.8 Å². The van der Waals surface area contributed by atoms with Gasteiger partial charge in [-0.05, 0) is 59.7 Å². The summed E-state index contributed by atoms with van der Waals surface area (Å²) in [6.07, 6.45) is 4.48. The third kappa shape index (κ3) is 11.2. The first kappa shape index (κ1) is 27.6. The predicted octanol–water partition coefficient (Wildman–Crippen LogP) is 3.40. The van der Waals surface area contributed by atoms with E-state index in [9.17, 15) is 13.2 Å². The third-order valence-electron chi connectivity index (χ3n) is 3.77. The highest BCUT2D eigenvalue weighted by atomic mass is 35.5. The first-order valence-corrected chi connectivity index (χ1v) is 10.9. The Balaban J connectivity index is 0. The van der Waals surface area contributed by atoms with Crippen molar-refractivity contribution in [1.29, 1.82) is 0 Å². The number of unbranched alkanes of at least 4 members (excludes halogenated alkanes) is 2. The summed E-state index contributed by atoms with van der Waals surface area (Å²) in [6, 6.07) is -0.498. The van der Waals surface area contributed by atoms with Gasteiger partial charge in [0.2, 0.25) is 0 Å². The van der Waals surface area contributed by atoms with Gasteiger partial charge in [-0.1, -0.05) is 26.7 Å². The summed E-state index contributed by atoms with van der Waals surface area (Å²) in [5.41, 5.74) is 0. The molecule has 0 rings (SSSR count). The second-order valence-electron chi connectivity index (χ2n) is 6.39. The molecule has 0 aromatic carbocycles. The van der Waals surface area contributed by atoms with Crippen LogP contribution < -0.4 is 4.72 Å². The monoisotopic (exact) mass is 415 g/mol. The van der Waals surface area contributed by atoms with E-state index in [2.05, 4.69) is 23.5 Å². The Hall–Kier alpha value is -0.570. The van der Waals surface area contributed by atoms with Gasteiger partial charge < -0.3 is 9.64 Å². The Morgan fingerprint density at radius 3 is 1.92 bits per heavy atom. The fourth-order valence-corrected chi connectivity index (χ4v) is 3.79. The van der Waals surface area contributed by atoms with Crippen LogP contribution in [0.3, 0.4) is 0 Å². The van der Waals surface area contributed by atoms with E-state index in [-0.39, 0.29) is 19.0 Å². The molecule has 0 bridgehead atoms. The molecule has 0 saturated carbocycles. The fourth-order valence-electron chi connectivity index (χ4n) is 2.45. The lowest BCUT2D eigenvalue weighted by Crippen LogP contribution is -2.48. The lowest BCUT2D eigenvalue weighted by molar-refractivity contribution is 0.124. The fraction of sp³-hybridized carbons (Fsp3) is 0.941. The van der Waals surface area contributed by atoms with Gasteiger partial charge in [-0.2, -0.15) is 17.4 Å². The summed E-state index contributed by atoms with van der Waals surface area (Å²) in [5, 5.41) is 0. The molecule has 9 heteroatoms. The van der Waals surface area contributed by atoms with Gasteiger partial charge in [0.25, 0.3) is 0 Å². The van der Waals surface area contributed by atoms with Gasteiger partial charge in [-0.15, -0.1) is 12.4 Å². The minimum absolute atomic E-state index is 0. The van der Waals surface area contributed by atoms with Crippen molar-refractivity contribution < 1.29 is 17.9 Å². The standard InChI is InChI=1S/C17H37N3O4S.ClH/c1-6-9-13-19(14-10-7-2)15-11-12-18-25(22,23)20(16(4)5)17(21)24-8-3;/h16,18H,6-15H2,1-5H3;1H. The molecule has 0 saturated heterocycles. The second-order valence-corrected chi connectivity index (χ2v) is 8.02. The Labute approximate surface area is 166 Å². The maximum Gasteiger partial charge on any atom is 0.424 e. The molecule has 0 aromatic heterocycles. The van der Waals surface area contributed by atoms with Crippen molar-refractivity contribution in [2.75, 3.05) is 32.8 Å². The van der Waals surface area contributed by atoms with Crippen LogP contribution in [0.5, 0.6) is 0 Å². The zero-order valence-corrected chi connectivity index (χ0v) is 18.6. The van der Waals surface area contributed by atoms with Crippen LogP contribution in [0.25, 0.3) is 0 Å². The zero-order valence-electron chi connectivity index (χ0n) is 17.0. The summed E-state index contributed by atoms with van der Waals surface area (Å²) in [5.74, 6) is 0. The van der Waals surface area contributed by atoms with Crippen LogP contribution in [0.15, 0.2) is 0 Å². The lowest BCUT2D eigenvalue weighted by atomic mass is 10.2. The molecule has 0 atom stereocenters. The van der Waals surface area contributed by atoms with E-state index in [1.54, 1.807) is 20.8 Å². The van der Waals surface area contributed by atoms with Crippen LogP contribution in [0, 0.1) is 0 Å². The van der Waals surface area contributed by atoms with Crippen LogP contribution >= 0.6 is 12.4 Å². The topological polar surface area (TPSA) is 79.0 Å². The summed E-state index contributed by atoms with van der Waals surface area (Å²) in [7, 11) is -3.88. The van der Waals surface area contributed by atoms with E-state index in [0.29, 0.717) is 13.0 Å². The molecule has 0 unspecified atom stereocenters. The van der Waals surface area contributed by atoms with E-state index < -0.39 is 22.3 Å². The van der Waals surface area contributed by atoms with E-state index in [4.69, 9.17) is 4.74 Å². The molecule has 158 valence electrons. The molecular weight excluding hydrogens is 378 g/mol. The Morgan fingerprint density at radius 1 is 1.00 bits per heavy atom. The highest BCUT2D eigenvalue weighted by molar-refractivity contribution is 7.87. The molecule has 0 aromatic rings. The summed E-state index contributed by atoms with van der Waals surface area (Å²) in [4.78, 5) is 14.3. The summed E-state index contributed by atoms with van der Waals surface area (Å²) < 4.78 is 32.9. The molecule has 7 nitrogen and oxygen atoms in total. The van der Waals surface area contributed by atoms with Crippen LogP contribution in [-0.4, -0.2) is 62.5 Å². The first-order chi connectivity index (χ1) is 11.8. The molecule has 0 aliphatic rings. The van der Waals surface area contributed by atoms with Gasteiger partial charge >= 0.3 is 16.3 Å². The predicted molar refractivity (Wildman–Crippen MR) is 109 cm³/mol. The number of carbonyl (C=O) groups is 1. The highest BCUT2D eigenvalue weighted by Gasteiger charge is 2.30. The number of nitrogens with one attached hydrogen (secondary N) is 1. The van der Waals surface area contributed by atoms with Crippen molar-refractivity contribution in [3.8, 4) is 0 Å². The number of amides is 1. The first-order valence-electron chi connectivity index (χ1n) is 9.48. The molecule has 0 heterocycles. The highest BCUT2D eigenvalue weighted by Crippen LogP contribution is 2.08. The molecule has 0 aliphatic carbocycles. The van der Waals surface area contributed by atoms with Crippen LogP contribution in [-0.2, 0) is 14.9 Å². The lowest BCUT2D eigenvalue weighted by Gasteiger charge is -2.26. The van der Waals surface area contributed by atoms with Crippen molar-refractivity contribution in [3.05, 3.63) is 0 Å². The number of halogens is 1. The Kier molecular flexibility index (Phi) is 16.5. The third-order valence-corrected chi connectivity index (χ3v) is 5.42. The number of nitrogens with zero attached hydrogens (tertiary/aromatic N) is 2. The van der Waals surface area contributed by atoms with Crippen molar-refractivity contribution in [2.24, 2.45) is 0 Å². The van der Waals surface area contributed by atoms with Crippen molar-refractivity contribution in [1.82, 2.24) is 13.9 Å². The number of carbonyl (C=O) groups excluding carboxylic acids is 1. The minimum atomic E-state index is -3.88. The van der Waals surface area contributed by atoms with E-state index in [1.807, 2.05) is 0 Å². The van der Waals surface area contributed by atoms with Gasteiger partial charge in [0, 0.05) is 12.6 Å². The van der Waals surface area contributed by atoms with Gasteiger partial charge in [-0.3, -0.25) is 0 Å². The number of hydrogen-bond donors (Lipinski definition) is 1. The molecule has 0 fully saturated rings. The number of rotatable bonds is 14. The number of ether oxygens (including phenoxy) is 1. The van der Waals surface area contributed by atoms with E-state index in [0.717, 1.165) is 49.6 Å². The maximum atomic E-state index is 12.4. The summed E-state index contributed by atoms with van der Waals surface area (Å²) in [6.45, 7) is 12.7. The van der Waals surface area contributed by atoms with Crippen LogP contribution in [0.1, 0.15) is 66.7 Å². The van der Waals surface area contributed by atoms with E-state index in [1.165, 1.54) is 0 Å². The maximum absolute atomic E-state index is 12.4. The quantitative estimate of drug-likeness (QED) is 0.440. The number of hydrogen-bond acceptors (Lipinski definition) is 5. The van der Waals surface area contributed by atoms with Crippen LogP contribution in [0.2, 0.25) is 0 Å². The molecule has 1 amide bonds. The largest absolute Gasteiger partial charge is 0.449 e. The molecule has 0 aliphatic heterocycles. The molecule has 0 radical (unpaired) electrons. The smallest absolute Gasteiger partial charge is 0.424 e. The molecule has 26 heavy (non-hydrogen) atoms. The van der Waals surface area contributed by atoms with Gasteiger partial charge in [0.05, 0.1) is 6.61 Å².